The number of anilines is 1. The van der Waals surface area contributed by atoms with Crippen LogP contribution in [0.5, 0.6) is 11.5 Å². The number of ether oxygens (including phenoxy) is 2. The molecule has 0 aliphatic carbocycles. The van der Waals surface area contributed by atoms with Gasteiger partial charge in [0.1, 0.15) is 29.7 Å². The van der Waals surface area contributed by atoms with E-state index >= 15 is 0 Å². The van der Waals surface area contributed by atoms with Crippen LogP contribution >= 0.6 is 0 Å². The highest BCUT2D eigenvalue weighted by molar-refractivity contribution is 6.09. The van der Waals surface area contributed by atoms with Crippen LogP contribution in [0.2, 0.25) is 0 Å². The SMILES string of the molecule is C#CCOc1ccc(C=C(C#N)C(=O)Nc2ccc(OC)cc2)cc1. The van der Waals surface area contributed by atoms with Crippen LogP contribution < -0.4 is 14.8 Å². The van der Waals surface area contributed by atoms with Gasteiger partial charge in [-0.2, -0.15) is 5.26 Å². The summed E-state index contributed by atoms with van der Waals surface area (Å²) in [6.45, 7) is 0.183. The highest BCUT2D eigenvalue weighted by Gasteiger charge is 2.09. The van der Waals surface area contributed by atoms with Crippen LogP contribution in [0.1, 0.15) is 5.56 Å². The number of terminal acetylenes is 1. The zero-order chi connectivity index (χ0) is 18.1. The first kappa shape index (κ1) is 17.7. The molecule has 2 aromatic carbocycles. The molecule has 124 valence electrons. The average Bonchev–Trinajstić information content (AvgIpc) is 2.65. The molecular weight excluding hydrogens is 316 g/mol. The van der Waals surface area contributed by atoms with Gasteiger partial charge in [-0.25, -0.2) is 0 Å². The van der Waals surface area contributed by atoms with Crippen molar-refractivity contribution in [3.63, 3.8) is 0 Å². The number of hydrogen-bond acceptors (Lipinski definition) is 4. The quantitative estimate of drug-likeness (QED) is 0.501. The minimum absolute atomic E-state index is 0.00638. The maximum atomic E-state index is 12.2. The summed E-state index contributed by atoms with van der Waals surface area (Å²) >= 11 is 0. The number of nitriles is 1. The molecule has 25 heavy (non-hydrogen) atoms. The molecule has 0 aliphatic heterocycles. The van der Waals surface area contributed by atoms with Gasteiger partial charge >= 0.3 is 0 Å². The molecule has 0 radical (unpaired) electrons. The van der Waals surface area contributed by atoms with Crippen LogP contribution in [0.25, 0.3) is 6.08 Å². The Morgan fingerprint density at radius 1 is 1.16 bits per heavy atom. The number of amides is 1. The number of rotatable bonds is 6. The summed E-state index contributed by atoms with van der Waals surface area (Å²) in [4.78, 5) is 12.2. The zero-order valence-corrected chi connectivity index (χ0v) is 13.7. The van der Waals surface area contributed by atoms with Crippen molar-refractivity contribution in [3.8, 4) is 29.9 Å². The maximum Gasteiger partial charge on any atom is 0.266 e. The molecule has 2 rings (SSSR count). The summed E-state index contributed by atoms with van der Waals surface area (Å²) in [5.74, 6) is 3.20. The second-order valence-electron chi connectivity index (χ2n) is 4.91. The van der Waals surface area contributed by atoms with E-state index in [4.69, 9.17) is 15.9 Å². The molecule has 0 aromatic heterocycles. The summed E-state index contributed by atoms with van der Waals surface area (Å²) in [5, 5.41) is 11.9. The molecule has 5 heteroatoms. The van der Waals surface area contributed by atoms with Gasteiger partial charge in [0.2, 0.25) is 0 Å². The van der Waals surface area contributed by atoms with E-state index in [2.05, 4.69) is 11.2 Å². The van der Waals surface area contributed by atoms with Gasteiger partial charge in [0.15, 0.2) is 0 Å². The molecule has 0 heterocycles. The van der Waals surface area contributed by atoms with Crippen molar-refractivity contribution < 1.29 is 14.3 Å². The Kier molecular flexibility index (Phi) is 6.22. The van der Waals surface area contributed by atoms with Crippen LogP contribution in [0.3, 0.4) is 0 Å². The highest BCUT2D eigenvalue weighted by atomic mass is 16.5. The fraction of sp³-hybridized carbons (Fsp3) is 0.100. The molecule has 0 saturated heterocycles. The van der Waals surface area contributed by atoms with Gasteiger partial charge in [0.25, 0.3) is 5.91 Å². The Morgan fingerprint density at radius 3 is 2.36 bits per heavy atom. The van der Waals surface area contributed by atoms with Crippen LogP contribution in [-0.4, -0.2) is 19.6 Å². The fourth-order valence-electron chi connectivity index (χ4n) is 1.97. The zero-order valence-electron chi connectivity index (χ0n) is 13.7. The summed E-state index contributed by atoms with van der Waals surface area (Å²) in [6, 6.07) is 15.7. The van der Waals surface area contributed by atoms with Gasteiger partial charge in [-0.3, -0.25) is 4.79 Å². The van der Waals surface area contributed by atoms with Crippen LogP contribution in [0.15, 0.2) is 54.1 Å². The molecule has 0 fully saturated rings. The Balaban J connectivity index is 2.09. The third-order valence-electron chi connectivity index (χ3n) is 3.23. The van der Waals surface area contributed by atoms with Crippen molar-refractivity contribution in [1.82, 2.24) is 0 Å². The fourth-order valence-corrected chi connectivity index (χ4v) is 1.97. The van der Waals surface area contributed by atoms with E-state index in [9.17, 15) is 10.1 Å². The van der Waals surface area contributed by atoms with Crippen LogP contribution in [0, 0.1) is 23.7 Å². The molecule has 0 bridgehead atoms. The first-order chi connectivity index (χ1) is 12.2. The van der Waals surface area contributed by atoms with E-state index in [-0.39, 0.29) is 12.2 Å². The lowest BCUT2D eigenvalue weighted by Gasteiger charge is -2.06. The van der Waals surface area contributed by atoms with Crippen molar-refractivity contribution >= 4 is 17.7 Å². The Bertz CT molecular complexity index is 838. The van der Waals surface area contributed by atoms with Gasteiger partial charge < -0.3 is 14.8 Å². The van der Waals surface area contributed by atoms with E-state index in [1.54, 1.807) is 55.6 Å². The molecule has 1 N–H and O–H groups in total. The van der Waals surface area contributed by atoms with Gasteiger partial charge in [0.05, 0.1) is 7.11 Å². The molecular formula is C20H16N2O3. The number of benzene rings is 2. The number of carbonyl (C=O) groups is 1. The van der Waals surface area contributed by atoms with Gasteiger partial charge in [-0.05, 0) is 48.0 Å². The predicted molar refractivity (Wildman–Crippen MR) is 96.0 cm³/mol. The molecule has 0 spiro atoms. The van der Waals surface area contributed by atoms with E-state index in [1.165, 1.54) is 6.08 Å². The van der Waals surface area contributed by atoms with E-state index in [0.29, 0.717) is 22.7 Å². The van der Waals surface area contributed by atoms with E-state index in [0.717, 1.165) is 0 Å². The lowest BCUT2D eigenvalue weighted by atomic mass is 10.1. The van der Waals surface area contributed by atoms with Crippen LogP contribution in [0.4, 0.5) is 5.69 Å². The smallest absolute Gasteiger partial charge is 0.266 e. The molecule has 0 aliphatic rings. The monoisotopic (exact) mass is 332 g/mol. The number of hydrogen-bond donors (Lipinski definition) is 1. The summed E-state index contributed by atoms with van der Waals surface area (Å²) in [5.41, 5.74) is 1.27. The Hall–Kier alpha value is -3.70. The lowest BCUT2D eigenvalue weighted by Crippen LogP contribution is -2.13. The third kappa shape index (κ3) is 5.16. The van der Waals surface area contributed by atoms with Gasteiger partial charge in [-0.15, -0.1) is 6.42 Å². The van der Waals surface area contributed by atoms with Crippen LogP contribution in [-0.2, 0) is 4.79 Å². The Morgan fingerprint density at radius 2 is 1.80 bits per heavy atom. The normalized spacial score (nSPS) is 10.3. The molecule has 0 unspecified atom stereocenters. The third-order valence-corrected chi connectivity index (χ3v) is 3.23. The molecule has 2 aromatic rings. The van der Waals surface area contributed by atoms with E-state index in [1.807, 2.05) is 6.07 Å². The molecule has 5 nitrogen and oxygen atoms in total. The van der Waals surface area contributed by atoms with Crippen molar-refractivity contribution in [2.75, 3.05) is 19.0 Å². The van der Waals surface area contributed by atoms with Crippen molar-refractivity contribution in [1.29, 1.82) is 5.26 Å². The molecule has 0 saturated carbocycles. The lowest BCUT2D eigenvalue weighted by molar-refractivity contribution is -0.112. The average molecular weight is 332 g/mol. The second-order valence-corrected chi connectivity index (χ2v) is 4.91. The predicted octanol–water partition coefficient (Wildman–Crippen LogP) is 3.25. The highest BCUT2D eigenvalue weighted by Crippen LogP contribution is 2.17. The van der Waals surface area contributed by atoms with E-state index < -0.39 is 5.91 Å². The first-order valence-corrected chi connectivity index (χ1v) is 7.40. The summed E-state index contributed by atoms with van der Waals surface area (Å²) in [6.07, 6.45) is 6.63. The number of carbonyl (C=O) groups excluding carboxylic acids is 1. The van der Waals surface area contributed by atoms with Gasteiger partial charge in [0, 0.05) is 5.69 Å². The van der Waals surface area contributed by atoms with Crippen molar-refractivity contribution in [3.05, 3.63) is 59.7 Å². The number of nitrogens with zero attached hydrogens (tertiary/aromatic N) is 1. The largest absolute Gasteiger partial charge is 0.497 e. The van der Waals surface area contributed by atoms with Crippen molar-refractivity contribution in [2.45, 2.75) is 0 Å². The first-order valence-electron chi connectivity index (χ1n) is 7.40. The second kappa shape index (κ2) is 8.81. The molecule has 1 amide bonds. The molecule has 0 atom stereocenters. The number of nitrogens with one attached hydrogen (secondary N) is 1. The number of methoxy groups -OCH3 is 1. The Labute approximate surface area is 146 Å². The summed E-state index contributed by atoms with van der Waals surface area (Å²) < 4.78 is 10.3. The topological polar surface area (TPSA) is 71.3 Å². The minimum Gasteiger partial charge on any atom is -0.497 e. The minimum atomic E-state index is -0.486. The summed E-state index contributed by atoms with van der Waals surface area (Å²) in [7, 11) is 1.56. The standard InChI is InChI=1S/C20H16N2O3/c1-3-12-25-19-8-4-15(5-9-19)13-16(14-21)20(23)22-17-6-10-18(24-2)11-7-17/h1,4-11,13H,12H2,2H3,(H,22,23). The maximum absolute atomic E-state index is 12.2. The van der Waals surface area contributed by atoms with Crippen molar-refractivity contribution in [2.24, 2.45) is 0 Å². The van der Waals surface area contributed by atoms with Gasteiger partial charge in [-0.1, -0.05) is 18.1 Å².